The summed E-state index contributed by atoms with van der Waals surface area (Å²) >= 11 is 0. The number of ether oxygens (including phenoxy) is 1. The molecule has 1 aliphatic rings. The summed E-state index contributed by atoms with van der Waals surface area (Å²) in [5.74, 6) is 0.993. The highest BCUT2D eigenvalue weighted by Crippen LogP contribution is 2.26. The fourth-order valence-electron chi connectivity index (χ4n) is 2.54. The van der Waals surface area contributed by atoms with E-state index < -0.39 is 0 Å². The van der Waals surface area contributed by atoms with E-state index in [1.807, 2.05) is 24.3 Å². The van der Waals surface area contributed by atoms with Gasteiger partial charge in [0, 0.05) is 11.7 Å². The van der Waals surface area contributed by atoms with E-state index in [1.165, 1.54) is 19.3 Å². The zero-order valence-electron chi connectivity index (χ0n) is 10.9. The number of nitrogens with zero attached hydrogens (tertiary/aromatic N) is 1. The number of rotatable bonds is 3. The fourth-order valence-corrected chi connectivity index (χ4v) is 2.54. The predicted octanol–water partition coefficient (Wildman–Crippen LogP) is 3.58. The van der Waals surface area contributed by atoms with E-state index in [0.29, 0.717) is 0 Å². The van der Waals surface area contributed by atoms with Crippen molar-refractivity contribution >= 4 is 5.69 Å². The molecular weight excluding hydrogens is 224 g/mol. The van der Waals surface area contributed by atoms with Gasteiger partial charge >= 0.3 is 0 Å². The van der Waals surface area contributed by atoms with Crippen LogP contribution in [0.5, 0.6) is 5.75 Å². The van der Waals surface area contributed by atoms with Gasteiger partial charge in [0.1, 0.15) is 5.75 Å². The molecule has 2 atom stereocenters. The SMILES string of the molecule is COc1ccc(NC2CCCCCC2C#N)cc1. The molecule has 3 heteroatoms. The summed E-state index contributed by atoms with van der Waals surface area (Å²) in [5.41, 5.74) is 1.07. The third-order valence-electron chi connectivity index (χ3n) is 3.62. The quantitative estimate of drug-likeness (QED) is 0.826. The highest BCUT2D eigenvalue weighted by atomic mass is 16.5. The minimum absolute atomic E-state index is 0.134. The molecule has 1 aromatic rings. The largest absolute Gasteiger partial charge is 0.497 e. The number of methoxy groups -OCH3 is 1. The number of hydrogen-bond donors (Lipinski definition) is 1. The van der Waals surface area contributed by atoms with Gasteiger partial charge in [0.25, 0.3) is 0 Å². The Bertz CT molecular complexity index is 407. The van der Waals surface area contributed by atoms with Gasteiger partial charge < -0.3 is 10.1 Å². The second-order valence-electron chi connectivity index (χ2n) is 4.85. The number of benzene rings is 1. The summed E-state index contributed by atoms with van der Waals surface area (Å²) in [6, 6.07) is 10.6. The molecule has 0 amide bonds. The van der Waals surface area contributed by atoms with Crippen molar-refractivity contribution in [3.05, 3.63) is 24.3 Å². The Hall–Kier alpha value is -1.69. The Morgan fingerprint density at radius 1 is 1.17 bits per heavy atom. The van der Waals surface area contributed by atoms with Crippen molar-refractivity contribution in [1.29, 1.82) is 5.26 Å². The number of nitriles is 1. The van der Waals surface area contributed by atoms with Crippen LogP contribution in [0.2, 0.25) is 0 Å². The van der Waals surface area contributed by atoms with Crippen molar-refractivity contribution < 1.29 is 4.74 Å². The van der Waals surface area contributed by atoms with Crippen LogP contribution < -0.4 is 10.1 Å². The summed E-state index contributed by atoms with van der Waals surface area (Å²) < 4.78 is 5.14. The van der Waals surface area contributed by atoms with Crippen LogP contribution in [0.4, 0.5) is 5.69 Å². The van der Waals surface area contributed by atoms with Gasteiger partial charge in [-0.2, -0.15) is 5.26 Å². The smallest absolute Gasteiger partial charge is 0.119 e. The van der Waals surface area contributed by atoms with E-state index in [1.54, 1.807) is 7.11 Å². The fraction of sp³-hybridized carbons (Fsp3) is 0.533. The van der Waals surface area contributed by atoms with Gasteiger partial charge in [-0.1, -0.05) is 19.3 Å². The first-order valence-electron chi connectivity index (χ1n) is 6.63. The topological polar surface area (TPSA) is 45.0 Å². The third-order valence-corrected chi connectivity index (χ3v) is 3.62. The molecule has 0 heterocycles. The van der Waals surface area contributed by atoms with Gasteiger partial charge in [0.2, 0.25) is 0 Å². The maximum Gasteiger partial charge on any atom is 0.119 e. The van der Waals surface area contributed by atoms with Gasteiger partial charge in [0.15, 0.2) is 0 Å². The molecule has 2 unspecified atom stereocenters. The van der Waals surface area contributed by atoms with E-state index in [2.05, 4.69) is 11.4 Å². The highest BCUT2D eigenvalue weighted by molar-refractivity contribution is 5.47. The Morgan fingerprint density at radius 3 is 2.56 bits per heavy atom. The Balaban J connectivity index is 2.03. The molecule has 0 bridgehead atoms. The average molecular weight is 244 g/mol. The van der Waals surface area contributed by atoms with E-state index in [0.717, 1.165) is 24.3 Å². The molecule has 3 nitrogen and oxygen atoms in total. The first-order chi connectivity index (χ1) is 8.83. The molecule has 2 rings (SSSR count). The third kappa shape index (κ3) is 3.16. The molecule has 0 aromatic heterocycles. The molecule has 18 heavy (non-hydrogen) atoms. The molecule has 1 fully saturated rings. The summed E-state index contributed by atoms with van der Waals surface area (Å²) in [7, 11) is 1.67. The van der Waals surface area contributed by atoms with Crippen molar-refractivity contribution in [3.8, 4) is 11.8 Å². The minimum Gasteiger partial charge on any atom is -0.497 e. The van der Waals surface area contributed by atoms with Crippen LogP contribution in [0, 0.1) is 17.2 Å². The monoisotopic (exact) mass is 244 g/mol. The van der Waals surface area contributed by atoms with E-state index in [-0.39, 0.29) is 12.0 Å². The van der Waals surface area contributed by atoms with Gasteiger partial charge in [-0.3, -0.25) is 0 Å². The maximum absolute atomic E-state index is 9.24. The molecule has 1 saturated carbocycles. The molecule has 96 valence electrons. The molecule has 1 aromatic carbocycles. The normalized spacial score (nSPS) is 23.8. The second kappa shape index (κ2) is 6.30. The van der Waals surface area contributed by atoms with Crippen molar-refractivity contribution in [2.45, 2.75) is 38.1 Å². The number of anilines is 1. The van der Waals surface area contributed by atoms with Crippen molar-refractivity contribution in [2.75, 3.05) is 12.4 Å². The van der Waals surface area contributed by atoms with Crippen molar-refractivity contribution in [1.82, 2.24) is 0 Å². The van der Waals surface area contributed by atoms with Crippen LogP contribution in [0.3, 0.4) is 0 Å². The summed E-state index contributed by atoms with van der Waals surface area (Å²) in [5, 5.41) is 12.7. The summed E-state index contributed by atoms with van der Waals surface area (Å²) in [4.78, 5) is 0. The van der Waals surface area contributed by atoms with Gasteiger partial charge in [-0.15, -0.1) is 0 Å². The van der Waals surface area contributed by atoms with Gasteiger partial charge in [-0.25, -0.2) is 0 Å². The number of nitrogens with one attached hydrogen (secondary N) is 1. The van der Waals surface area contributed by atoms with Crippen LogP contribution >= 0.6 is 0 Å². The van der Waals surface area contributed by atoms with Crippen LogP contribution in [-0.2, 0) is 0 Å². The molecule has 0 saturated heterocycles. The van der Waals surface area contributed by atoms with Gasteiger partial charge in [-0.05, 0) is 37.1 Å². The molecule has 0 aliphatic heterocycles. The standard InChI is InChI=1S/C15H20N2O/c1-18-14-9-7-13(8-10-14)17-15-6-4-2-3-5-12(15)11-16/h7-10,12,15,17H,2-6H2,1H3. The highest BCUT2D eigenvalue weighted by Gasteiger charge is 2.23. The van der Waals surface area contributed by atoms with Crippen molar-refractivity contribution in [3.63, 3.8) is 0 Å². The van der Waals surface area contributed by atoms with Crippen LogP contribution in [0.15, 0.2) is 24.3 Å². The maximum atomic E-state index is 9.24. The molecule has 0 radical (unpaired) electrons. The Kier molecular flexibility index (Phi) is 4.46. The Labute approximate surface area is 109 Å². The first kappa shape index (κ1) is 12.8. The molecule has 1 N–H and O–H groups in total. The predicted molar refractivity (Wildman–Crippen MR) is 72.6 cm³/mol. The average Bonchev–Trinajstić information content (AvgIpc) is 2.64. The van der Waals surface area contributed by atoms with Crippen LogP contribution in [-0.4, -0.2) is 13.2 Å². The summed E-state index contributed by atoms with van der Waals surface area (Å²) in [6.45, 7) is 0. The zero-order valence-corrected chi connectivity index (χ0v) is 10.9. The van der Waals surface area contributed by atoms with Crippen molar-refractivity contribution in [2.24, 2.45) is 5.92 Å². The molecule has 1 aliphatic carbocycles. The lowest BCUT2D eigenvalue weighted by atomic mass is 9.96. The Morgan fingerprint density at radius 2 is 1.89 bits per heavy atom. The van der Waals surface area contributed by atoms with Crippen LogP contribution in [0.1, 0.15) is 32.1 Å². The summed E-state index contributed by atoms with van der Waals surface area (Å²) in [6.07, 6.45) is 5.75. The molecule has 0 spiro atoms. The number of hydrogen-bond acceptors (Lipinski definition) is 3. The zero-order chi connectivity index (χ0) is 12.8. The molecular formula is C15H20N2O. The lowest BCUT2D eigenvalue weighted by Gasteiger charge is -2.22. The lowest BCUT2D eigenvalue weighted by Crippen LogP contribution is -2.27. The van der Waals surface area contributed by atoms with E-state index >= 15 is 0 Å². The lowest BCUT2D eigenvalue weighted by molar-refractivity contribution is 0.415. The van der Waals surface area contributed by atoms with E-state index in [4.69, 9.17) is 4.74 Å². The minimum atomic E-state index is 0.134. The van der Waals surface area contributed by atoms with Gasteiger partial charge in [0.05, 0.1) is 19.1 Å². The first-order valence-corrected chi connectivity index (χ1v) is 6.63. The van der Waals surface area contributed by atoms with E-state index in [9.17, 15) is 5.26 Å². The van der Waals surface area contributed by atoms with Crippen LogP contribution in [0.25, 0.3) is 0 Å². The second-order valence-corrected chi connectivity index (χ2v) is 4.85.